The quantitative estimate of drug-likeness (QED) is 0.285. The van der Waals surface area contributed by atoms with Gasteiger partial charge in [-0.25, -0.2) is 0 Å². The first-order chi connectivity index (χ1) is 3.46. The normalized spacial score (nSPS) is 5.33. The smallest absolute Gasteiger partial charge is 0.356 e. The van der Waals surface area contributed by atoms with Crippen LogP contribution in [0.2, 0.25) is 0 Å². The summed E-state index contributed by atoms with van der Waals surface area (Å²) in [4.78, 5) is 16.5. The Morgan fingerprint density at radius 1 is 0.778 bits per heavy atom. The van der Waals surface area contributed by atoms with Crippen LogP contribution in [0, 0.1) is 30.6 Å². The van der Waals surface area contributed by atoms with Crippen LogP contribution in [0.4, 0.5) is 0 Å². The Bertz CT molecular complexity index is 69.1. The Hall–Kier alpha value is -1.08. The summed E-state index contributed by atoms with van der Waals surface area (Å²) < 4.78 is 0. The van der Waals surface area contributed by atoms with Crippen LogP contribution in [0.3, 0.4) is 0 Å². The van der Waals surface area contributed by atoms with Crippen molar-refractivity contribution in [3.05, 3.63) is 30.6 Å². The van der Waals surface area contributed by atoms with Gasteiger partial charge in [-0.3, -0.25) is 0 Å². The molecule has 0 N–H and O–H groups in total. The molecule has 0 aromatic heterocycles. The fraction of sp³-hybridized carbons (Fsp3) is 0. The van der Waals surface area contributed by atoms with Crippen LogP contribution in [-0.2, 0) is 17.1 Å². The van der Waals surface area contributed by atoms with Crippen molar-refractivity contribution in [3.63, 3.8) is 0 Å². The predicted molar refractivity (Wildman–Crippen MR) is 20.7 cm³/mol. The number of hydrogen-bond acceptors (Lipinski definition) is 6. The fourth-order valence-electron chi connectivity index (χ4n) is 0. The first-order valence-corrected chi connectivity index (χ1v) is 1.10. The van der Waals surface area contributed by atoms with Gasteiger partial charge in [0.25, 0.3) is 0 Å². The minimum atomic E-state index is -1.75. The molecule has 0 heterocycles. The third-order valence-electron chi connectivity index (χ3n) is 0. The summed E-state index contributed by atoms with van der Waals surface area (Å²) in [7, 11) is 0. The third-order valence-corrected chi connectivity index (χ3v) is 0. The van der Waals surface area contributed by atoms with Crippen LogP contribution < -0.4 is 0 Å². The molecule has 0 bridgehead atoms. The van der Waals surface area contributed by atoms with Crippen molar-refractivity contribution >= 4 is 0 Å². The van der Waals surface area contributed by atoms with Crippen LogP contribution in [0.5, 0.6) is 0 Å². The van der Waals surface area contributed by atoms with E-state index in [0.717, 1.165) is 0 Å². The van der Waals surface area contributed by atoms with E-state index in [0.29, 0.717) is 0 Å². The van der Waals surface area contributed by atoms with Crippen LogP contribution in [-0.4, -0.2) is 10.2 Å². The zero-order valence-electron chi connectivity index (χ0n) is 3.65. The van der Waals surface area contributed by atoms with Crippen LogP contribution >= 0.6 is 0 Å². The average Bonchev–Trinajstić information content (AvgIpc) is 1.25. The number of nitrogens with zero attached hydrogens (tertiary/aromatic N) is 2. The molecule has 0 atom stereocenters. The van der Waals surface area contributed by atoms with Gasteiger partial charge in [-0.05, 0) is 0 Å². The largest absolute Gasteiger partial charge is 2.00 e. The second-order valence-electron chi connectivity index (χ2n) is 0.447. The maximum absolute atomic E-state index is 8.25. The third kappa shape index (κ3) is 143. The second kappa shape index (κ2) is 10.0. The molecule has 9 heavy (non-hydrogen) atoms. The van der Waals surface area contributed by atoms with Crippen molar-refractivity contribution < 1.29 is 27.2 Å². The molecule has 57 valence electrons. The molecule has 0 aromatic carbocycles. The van der Waals surface area contributed by atoms with Gasteiger partial charge in [0.1, 0.15) is 0 Å². The Balaban J connectivity index is -0.0000000720. The molecule has 0 amide bonds. The monoisotopic (exact) mass is 187 g/mol. The van der Waals surface area contributed by atoms with Gasteiger partial charge in [0.15, 0.2) is 0 Å². The van der Waals surface area contributed by atoms with E-state index in [2.05, 4.69) is 0 Å². The van der Waals surface area contributed by atoms with E-state index in [1.54, 1.807) is 0 Å². The van der Waals surface area contributed by atoms with Gasteiger partial charge in [0, 0.05) is 0 Å². The predicted octanol–water partition coefficient (Wildman–Crippen LogP) is -0.481. The van der Waals surface area contributed by atoms with Gasteiger partial charge in [-0.15, -0.1) is 0 Å². The van der Waals surface area contributed by atoms with Gasteiger partial charge in [0.05, 0.1) is 10.2 Å². The molecule has 0 aliphatic heterocycles. The van der Waals surface area contributed by atoms with E-state index >= 15 is 0 Å². The second-order valence-corrected chi connectivity index (χ2v) is 0.447. The van der Waals surface area contributed by atoms with E-state index in [1.165, 1.54) is 0 Å². The molecule has 0 aliphatic rings. The molecule has 0 saturated carbocycles. The average molecular weight is 187 g/mol. The maximum Gasteiger partial charge on any atom is 2.00 e. The maximum atomic E-state index is 8.25. The first kappa shape index (κ1) is 15.7. The summed E-state index contributed by atoms with van der Waals surface area (Å²) in [5, 5.41) is 29.5. The van der Waals surface area contributed by atoms with E-state index < -0.39 is 10.2 Å². The van der Waals surface area contributed by atoms with E-state index in [9.17, 15) is 0 Å². The molecule has 0 saturated heterocycles. The molecule has 1 radical (unpaired) electrons. The Morgan fingerprint density at radius 3 is 0.778 bits per heavy atom. The Labute approximate surface area is 58.8 Å². The topological polar surface area (TPSA) is 132 Å². The minimum absolute atomic E-state index is 0. The molecule has 8 nitrogen and oxygen atoms in total. The van der Waals surface area contributed by atoms with Gasteiger partial charge in [-0.1, -0.05) is 0 Å². The number of hydrogen-bond donors (Lipinski definition) is 0. The zero-order valence-corrected chi connectivity index (χ0v) is 4.59. The van der Waals surface area contributed by atoms with Gasteiger partial charge in [-0.2, -0.15) is 0 Å². The summed E-state index contributed by atoms with van der Waals surface area (Å²) in [6, 6.07) is 0. The van der Waals surface area contributed by atoms with Gasteiger partial charge in [0.2, 0.25) is 0 Å². The molecule has 0 aromatic rings. The Kier molecular flexibility index (Phi) is 17.4. The minimum Gasteiger partial charge on any atom is -0.356 e. The van der Waals surface area contributed by atoms with E-state index in [4.69, 9.17) is 30.6 Å². The molecule has 0 fully saturated rings. The molecular formula is CuN2O6. The van der Waals surface area contributed by atoms with Crippen LogP contribution in [0.15, 0.2) is 0 Å². The van der Waals surface area contributed by atoms with Crippen LogP contribution in [0.1, 0.15) is 0 Å². The van der Waals surface area contributed by atoms with E-state index in [-0.39, 0.29) is 17.1 Å². The van der Waals surface area contributed by atoms with Gasteiger partial charge < -0.3 is 30.6 Å². The van der Waals surface area contributed by atoms with Crippen molar-refractivity contribution in [2.24, 2.45) is 0 Å². The summed E-state index contributed by atoms with van der Waals surface area (Å²) in [5.74, 6) is 0. The summed E-state index contributed by atoms with van der Waals surface area (Å²) >= 11 is 0. The SMILES string of the molecule is O=[N+]([O-])[O-].O=[N+]([O-])[O-].[63Cu+2]. The van der Waals surface area contributed by atoms with E-state index in [1.807, 2.05) is 0 Å². The van der Waals surface area contributed by atoms with Gasteiger partial charge >= 0.3 is 17.1 Å². The van der Waals surface area contributed by atoms with Crippen molar-refractivity contribution in [1.82, 2.24) is 0 Å². The summed E-state index contributed by atoms with van der Waals surface area (Å²) in [6.07, 6.45) is 0. The Morgan fingerprint density at radius 2 is 0.778 bits per heavy atom. The fourth-order valence-corrected chi connectivity index (χ4v) is 0. The zero-order chi connectivity index (χ0) is 7.15. The molecule has 0 spiro atoms. The van der Waals surface area contributed by atoms with Crippen molar-refractivity contribution in [3.8, 4) is 0 Å². The molecule has 0 aliphatic carbocycles. The van der Waals surface area contributed by atoms with Crippen molar-refractivity contribution in [2.75, 3.05) is 0 Å². The molecule has 9 heteroatoms. The van der Waals surface area contributed by atoms with Crippen molar-refractivity contribution in [2.45, 2.75) is 0 Å². The first-order valence-electron chi connectivity index (χ1n) is 1.10. The standard InChI is InChI=1S/Cu.2NO3/c;2*2-1(3)4/q+2;2*-1/i1-1;;. The molecular weight excluding hydrogens is 187 g/mol. The van der Waals surface area contributed by atoms with Crippen LogP contribution in [0.25, 0.3) is 0 Å². The summed E-state index contributed by atoms with van der Waals surface area (Å²) in [6.45, 7) is 0. The molecule has 0 rings (SSSR count). The summed E-state index contributed by atoms with van der Waals surface area (Å²) in [5.41, 5.74) is 0. The van der Waals surface area contributed by atoms with Crippen molar-refractivity contribution in [1.29, 1.82) is 0 Å². The number of rotatable bonds is 0. The molecule has 0 unspecified atom stereocenters.